The Morgan fingerprint density at radius 3 is 2.82 bits per heavy atom. The summed E-state index contributed by atoms with van der Waals surface area (Å²) in [5.41, 5.74) is 0. The quantitative estimate of drug-likeness (QED) is 0.734. The molecule has 1 aromatic heterocycles. The first-order chi connectivity index (χ1) is 5.24. The highest BCUT2D eigenvalue weighted by molar-refractivity contribution is 7.10. The molecule has 0 fully saturated rings. The third kappa shape index (κ3) is 2.43. The molecular weight excluding hydrogens is 187 g/mol. The molecule has 0 aliphatic carbocycles. The Morgan fingerprint density at radius 1 is 1.64 bits per heavy atom. The molecule has 1 unspecified atom stereocenters. The molecule has 0 aliphatic rings. The van der Waals surface area contributed by atoms with Crippen molar-refractivity contribution >= 4 is 22.9 Å². The van der Waals surface area contributed by atoms with Crippen LogP contribution in [-0.2, 0) is 0 Å². The second kappa shape index (κ2) is 4.04. The van der Waals surface area contributed by atoms with Crippen LogP contribution in [0.5, 0.6) is 0 Å². The summed E-state index contributed by atoms with van der Waals surface area (Å²) in [6.45, 7) is 0. The number of alkyl halides is 1. The van der Waals surface area contributed by atoms with E-state index in [9.17, 15) is 9.50 Å². The molecule has 1 heterocycles. The van der Waals surface area contributed by atoms with Crippen molar-refractivity contribution < 1.29 is 9.50 Å². The van der Waals surface area contributed by atoms with Gasteiger partial charge < -0.3 is 5.11 Å². The molecule has 0 bridgehead atoms. The van der Waals surface area contributed by atoms with Gasteiger partial charge in [0.1, 0.15) is 0 Å². The van der Waals surface area contributed by atoms with Gasteiger partial charge in [-0.3, -0.25) is 0 Å². The van der Waals surface area contributed by atoms with Gasteiger partial charge in [-0.25, -0.2) is 0 Å². The lowest BCUT2D eigenvalue weighted by atomic mass is 10.2. The minimum atomic E-state index is -0.609. The molecule has 0 spiro atoms. The van der Waals surface area contributed by atoms with Crippen LogP contribution in [0.1, 0.15) is 17.4 Å². The van der Waals surface area contributed by atoms with Gasteiger partial charge in [-0.05, 0) is 18.6 Å². The molecule has 0 radical (unpaired) electrons. The number of aliphatic hydroxyl groups excluding tert-OH is 1. The highest BCUT2D eigenvalue weighted by Crippen LogP contribution is 2.24. The van der Waals surface area contributed by atoms with Crippen molar-refractivity contribution in [3.8, 4) is 0 Å². The fraction of sp³-hybridized carbons (Fsp3) is 0.429. The van der Waals surface area contributed by atoms with E-state index in [0.717, 1.165) is 11.3 Å². The monoisotopic (exact) mass is 194 g/mol. The van der Waals surface area contributed by atoms with Crippen molar-refractivity contribution in [3.63, 3.8) is 0 Å². The minimum Gasteiger partial charge on any atom is -0.388 e. The predicted molar refractivity (Wildman–Crippen MR) is 44.6 cm³/mol. The average Bonchev–Trinajstić information content (AvgIpc) is 2.36. The molecule has 1 nitrogen and oxygen atoms in total. The van der Waals surface area contributed by atoms with Gasteiger partial charge in [-0.15, -0.1) is 22.9 Å². The lowest BCUT2D eigenvalue weighted by Crippen LogP contribution is -1.94. The topological polar surface area (TPSA) is 20.2 Å². The van der Waals surface area contributed by atoms with Crippen molar-refractivity contribution in [1.29, 1.82) is 0 Å². The van der Waals surface area contributed by atoms with Crippen LogP contribution >= 0.6 is 22.9 Å². The van der Waals surface area contributed by atoms with Crippen LogP contribution in [0.25, 0.3) is 0 Å². The van der Waals surface area contributed by atoms with Crippen LogP contribution in [0, 0.1) is 5.13 Å². The van der Waals surface area contributed by atoms with Crippen molar-refractivity contribution in [3.05, 3.63) is 22.1 Å². The summed E-state index contributed by atoms with van der Waals surface area (Å²) in [7, 11) is 0. The van der Waals surface area contributed by atoms with Gasteiger partial charge in [0.2, 0.25) is 0 Å². The summed E-state index contributed by atoms with van der Waals surface area (Å²) in [5.74, 6) is 0.390. The number of halogens is 2. The Bertz CT molecular complexity index is 226. The third-order valence-corrected chi connectivity index (χ3v) is 2.50. The summed E-state index contributed by atoms with van der Waals surface area (Å²) >= 11 is 6.36. The Balaban J connectivity index is 2.60. The Kier molecular flexibility index (Phi) is 3.30. The zero-order valence-electron chi connectivity index (χ0n) is 5.76. The van der Waals surface area contributed by atoms with E-state index in [1.165, 1.54) is 6.07 Å². The summed E-state index contributed by atoms with van der Waals surface area (Å²) in [5, 5.41) is 9.02. The van der Waals surface area contributed by atoms with E-state index in [2.05, 4.69) is 0 Å². The lowest BCUT2D eigenvalue weighted by molar-refractivity contribution is 0.178. The molecule has 1 atom stereocenters. The van der Waals surface area contributed by atoms with E-state index in [1.807, 2.05) is 0 Å². The number of aliphatic hydroxyl groups is 1. The van der Waals surface area contributed by atoms with Crippen LogP contribution in [0.4, 0.5) is 4.39 Å². The third-order valence-electron chi connectivity index (χ3n) is 1.30. The van der Waals surface area contributed by atoms with Crippen LogP contribution in [0.15, 0.2) is 12.1 Å². The molecular formula is C7H8ClFOS. The highest BCUT2D eigenvalue weighted by Gasteiger charge is 2.08. The maximum absolute atomic E-state index is 12.4. The Hall–Kier alpha value is -0.120. The summed E-state index contributed by atoms with van der Waals surface area (Å²) in [6.07, 6.45) is -0.136. The number of hydrogen-bond acceptors (Lipinski definition) is 2. The molecule has 0 saturated carbocycles. The molecule has 0 aliphatic heterocycles. The van der Waals surface area contributed by atoms with Gasteiger partial charge in [0.25, 0.3) is 0 Å². The molecule has 62 valence electrons. The van der Waals surface area contributed by atoms with Gasteiger partial charge in [-0.2, -0.15) is 4.39 Å². The maximum Gasteiger partial charge on any atom is 0.176 e. The van der Waals surface area contributed by atoms with Crippen LogP contribution in [-0.4, -0.2) is 11.0 Å². The van der Waals surface area contributed by atoms with Crippen LogP contribution in [0.2, 0.25) is 0 Å². The first-order valence-corrected chi connectivity index (χ1v) is 4.58. The van der Waals surface area contributed by atoms with Crippen molar-refractivity contribution in [1.82, 2.24) is 0 Å². The largest absolute Gasteiger partial charge is 0.388 e. The average molecular weight is 195 g/mol. The molecule has 4 heteroatoms. The summed E-state index contributed by atoms with van der Waals surface area (Å²) < 4.78 is 12.4. The van der Waals surface area contributed by atoms with Crippen LogP contribution < -0.4 is 0 Å². The van der Waals surface area contributed by atoms with E-state index in [-0.39, 0.29) is 5.13 Å². The van der Waals surface area contributed by atoms with Crippen LogP contribution in [0.3, 0.4) is 0 Å². The zero-order chi connectivity index (χ0) is 8.27. The van der Waals surface area contributed by atoms with Gasteiger partial charge in [0.05, 0.1) is 6.10 Å². The molecule has 11 heavy (non-hydrogen) atoms. The molecule has 1 rings (SSSR count). The first kappa shape index (κ1) is 8.97. The van der Waals surface area contributed by atoms with E-state index in [4.69, 9.17) is 11.6 Å². The second-order valence-electron chi connectivity index (χ2n) is 2.14. The van der Waals surface area contributed by atoms with Crippen molar-refractivity contribution in [2.24, 2.45) is 0 Å². The van der Waals surface area contributed by atoms with Gasteiger partial charge >= 0.3 is 0 Å². The standard InChI is InChI=1S/C7H8ClFOS/c8-4-3-5(10)6-1-2-7(9)11-6/h1-2,5,10H,3-4H2. The van der Waals surface area contributed by atoms with Gasteiger partial charge in [0.15, 0.2) is 5.13 Å². The minimum absolute atomic E-state index is 0.270. The lowest BCUT2D eigenvalue weighted by Gasteiger charge is -2.03. The van der Waals surface area contributed by atoms with Gasteiger partial charge in [0, 0.05) is 10.8 Å². The molecule has 0 amide bonds. The van der Waals surface area contributed by atoms with Crippen molar-refractivity contribution in [2.45, 2.75) is 12.5 Å². The van der Waals surface area contributed by atoms with E-state index >= 15 is 0 Å². The molecule has 0 saturated heterocycles. The Morgan fingerprint density at radius 2 is 2.36 bits per heavy atom. The van der Waals surface area contributed by atoms with Gasteiger partial charge in [-0.1, -0.05) is 0 Å². The normalized spacial score (nSPS) is 13.4. The fourth-order valence-electron chi connectivity index (χ4n) is 0.753. The number of thiophene rings is 1. The number of rotatable bonds is 3. The highest BCUT2D eigenvalue weighted by atomic mass is 35.5. The molecule has 1 N–H and O–H groups in total. The molecule has 1 aromatic rings. The smallest absolute Gasteiger partial charge is 0.176 e. The zero-order valence-corrected chi connectivity index (χ0v) is 7.33. The van der Waals surface area contributed by atoms with Crippen molar-refractivity contribution in [2.75, 3.05) is 5.88 Å². The first-order valence-electron chi connectivity index (χ1n) is 3.23. The van der Waals surface area contributed by atoms with E-state index in [1.54, 1.807) is 6.07 Å². The summed E-state index contributed by atoms with van der Waals surface area (Å²) in [6, 6.07) is 2.93. The fourth-order valence-corrected chi connectivity index (χ4v) is 1.71. The van der Waals surface area contributed by atoms with E-state index < -0.39 is 6.10 Å². The molecule has 0 aromatic carbocycles. The SMILES string of the molecule is OC(CCCl)c1ccc(F)s1. The second-order valence-corrected chi connectivity index (χ2v) is 3.58. The predicted octanol–water partition coefficient (Wildman–Crippen LogP) is 2.55. The summed E-state index contributed by atoms with van der Waals surface area (Å²) in [4.78, 5) is 0.642. The van der Waals surface area contributed by atoms with E-state index in [0.29, 0.717) is 17.2 Å². The number of hydrogen-bond donors (Lipinski definition) is 1. The Labute approximate surface area is 73.4 Å². The maximum atomic E-state index is 12.4.